The number of carboxylic acids is 2. The molecule has 9 nitrogen and oxygen atoms in total. The van der Waals surface area contributed by atoms with E-state index >= 15 is 0 Å². The summed E-state index contributed by atoms with van der Waals surface area (Å²) in [6.07, 6.45) is 1.37. The maximum absolute atomic E-state index is 9.96. The lowest BCUT2D eigenvalue weighted by molar-refractivity contribution is -0.428. The lowest BCUT2D eigenvalue weighted by atomic mass is 10.3. The molecule has 0 aromatic rings. The highest BCUT2D eigenvalue weighted by atomic mass is 16.6. The van der Waals surface area contributed by atoms with Crippen molar-refractivity contribution in [2.75, 3.05) is 0 Å². The molecule has 0 amide bonds. The van der Waals surface area contributed by atoms with Gasteiger partial charge in [0.15, 0.2) is 5.82 Å². The minimum absolute atomic E-state index is 0.116. The van der Waals surface area contributed by atoms with E-state index in [1.54, 1.807) is 6.92 Å². The van der Waals surface area contributed by atoms with Crippen LogP contribution in [-0.2, 0) is 9.59 Å². The highest BCUT2D eigenvalue weighted by Gasteiger charge is 2.09. The fraction of sp³-hybridized carbons (Fsp3) is 0.250. The lowest BCUT2D eigenvalue weighted by Gasteiger charge is -1.93. The third kappa shape index (κ3) is 11.3. The summed E-state index contributed by atoms with van der Waals surface area (Å²) >= 11 is 0. The maximum atomic E-state index is 9.96. The molecular formula is C8H13N3O6. The van der Waals surface area contributed by atoms with Crippen LogP contribution in [0.5, 0.6) is 0 Å². The van der Waals surface area contributed by atoms with E-state index in [1.807, 2.05) is 0 Å². The van der Waals surface area contributed by atoms with Crippen LogP contribution in [0.2, 0.25) is 0 Å². The highest BCUT2D eigenvalue weighted by Crippen LogP contribution is 1.99. The first-order chi connectivity index (χ1) is 7.72. The van der Waals surface area contributed by atoms with Crippen LogP contribution in [0.25, 0.3) is 0 Å². The molecule has 0 aliphatic heterocycles. The second kappa shape index (κ2) is 8.71. The van der Waals surface area contributed by atoms with Crippen molar-refractivity contribution >= 4 is 11.9 Å². The molecule has 0 rings (SSSR count). The molecule has 0 unspecified atom stereocenters. The van der Waals surface area contributed by atoms with E-state index < -0.39 is 16.9 Å². The molecule has 0 aromatic carbocycles. The highest BCUT2D eigenvalue weighted by molar-refractivity contribution is 5.89. The summed E-state index contributed by atoms with van der Waals surface area (Å²) < 4.78 is 0. The number of hydrogen-bond donors (Lipinski definition) is 4. The quantitative estimate of drug-likeness (QED) is 0.291. The van der Waals surface area contributed by atoms with Gasteiger partial charge in [-0.05, 0) is 0 Å². The number of carbonyl (C=O) groups is 2. The average Bonchev–Trinajstić information content (AvgIpc) is 2.15. The third-order valence-corrected chi connectivity index (χ3v) is 1.26. The molecule has 0 atom stereocenters. The number of rotatable bonds is 4. The monoisotopic (exact) mass is 247 g/mol. The molecule has 0 bridgehead atoms. The van der Waals surface area contributed by atoms with E-state index in [4.69, 9.17) is 21.7 Å². The first-order valence-electron chi connectivity index (χ1n) is 4.24. The Labute approximate surface area is 96.2 Å². The zero-order chi connectivity index (χ0) is 14.0. The van der Waals surface area contributed by atoms with Gasteiger partial charge in [0.25, 0.3) is 5.70 Å². The van der Waals surface area contributed by atoms with Crippen LogP contribution in [0.15, 0.2) is 23.7 Å². The molecule has 0 saturated heterocycles. The topological polar surface area (TPSA) is 170 Å². The normalized spacial score (nSPS) is 9.00. The van der Waals surface area contributed by atoms with Gasteiger partial charge in [-0.1, -0.05) is 6.92 Å². The fourth-order valence-corrected chi connectivity index (χ4v) is 0.581. The van der Waals surface area contributed by atoms with Crippen molar-refractivity contribution in [2.24, 2.45) is 11.5 Å². The standard InChI is InChI=1S/C4H9N3O2.C4H4O4/c1-2-3(4(5)6)7(8)9;5-3(6)1-2-4(7)8/h2,5-6H2,1H3;1-2H,(H,5,6)(H,7,8)/b;2-1-. The van der Waals surface area contributed by atoms with Gasteiger partial charge in [-0.15, -0.1) is 0 Å². The van der Waals surface area contributed by atoms with Gasteiger partial charge in [-0.25, -0.2) is 9.59 Å². The molecule has 0 aliphatic rings. The summed E-state index contributed by atoms with van der Waals surface area (Å²) in [4.78, 5) is 28.5. The van der Waals surface area contributed by atoms with Crippen LogP contribution in [0.3, 0.4) is 0 Å². The van der Waals surface area contributed by atoms with Gasteiger partial charge in [-0.2, -0.15) is 0 Å². The minimum Gasteiger partial charge on any atom is -0.478 e. The summed E-state index contributed by atoms with van der Waals surface area (Å²) in [5.74, 6) is -2.72. The molecule has 6 N–H and O–H groups in total. The van der Waals surface area contributed by atoms with Crippen molar-refractivity contribution in [1.29, 1.82) is 0 Å². The number of nitrogens with two attached hydrogens (primary N) is 2. The number of nitro groups is 1. The summed E-state index contributed by atoms with van der Waals surface area (Å²) in [6, 6.07) is 0. The molecule has 0 spiro atoms. The lowest BCUT2D eigenvalue weighted by Crippen LogP contribution is -2.16. The van der Waals surface area contributed by atoms with Crippen LogP contribution < -0.4 is 11.5 Å². The predicted octanol–water partition coefficient (Wildman–Crippen LogP) is -0.529. The molecule has 0 aliphatic carbocycles. The third-order valence-electron chi connectivity index (χ3n) is 1.26. The Hall–Kier alpha value is -2.58. The summed E-state index contributed by atoms with van der Waals surface area (Å²) in [6.45, 7) is 1.62. The molecule has 0 fully saturated rings. The maximum Gasteiger partial charge on any atom is 0.328 e. The Kier molecular flexibility index (Phi) is 8.62. The zero-order valence-electron chi connectivity index (χ0n) is 8.99. The smallest absolute Gasteiger partial charge is 0.328 e. The fourth-order valence-electron chi connectivity index (χ4n) is 0.581. The summed E-state index contributed by atoms with van der Waals surface area (Å²) in [7, 11) is 0. The number of nitrogens with zero attached hydrogens (tertiary/aromatic N) is 1. The van der Waals surface area contributed by atoms with E-state index in [1.165, 1.54) is 0 Å². The summed E-state index contributed by atoms with van der Waals surface area (Å²) in [5, 5.41) is 25.6. The molecule has 9 heteroatoms. The van der Waals surface area contributed by atoms with Crippen molar-refractivity contribution in [2.45, 2.75) is 13.3 Å². The summed E-state index contributed by atoms with van der Waals surface area (Å²) in [5.41, 5.74) is 9.81. The number of allylic oxidation sites excluding steroid dienone is 1. The van der Waals surface area contributed by atoms with Crippen LogP contribution in [0.1, 0.15) is 13.3 Å². The van der Waals surface area contributed by atoms with Crippen molar-refractivity contribution in [3.63, 3.8) is 0 Å². The molecule has 96 valence electrons. The van der Waals surface area contributed by atoms with Crippen LogP contribution >= 0.6 is 0 Å². The largest absolute Gasteiger partial charge is 0.478 e. The van der Waals surface area contributed by atoms with E-state index in [9.17, 15) is 19.7 Å². The van der Waals surface area contributed by atoms with Gasteiger partial charge in [0.1, 0.15) is 0 Å². The van der Waals surface area contributed by atoms with Gasteiger partial charge in [-0.3, -0.25) is 10.1 Å². The Morgan fingerprint density at radius 3 is 1.65 bits per heavy atom. The Bertz CT molecular complexity index is 340. The predicted molar refractivity (Wildman–Crippen MR) is 57.1 cm³/mol. The molecule has 0 radical (unpaired) electrons. The van der Waals surface area contributed by atoms with Crippen molar-refractivity contribution in [3.8, 4) is 0 Å². The van der Waals surface area contributed by atoms with Crippen LogP contribution in [0, 0.1) is 10.1 Å². The van der Waals surface area contributed by atoms with E-state index in [0.717, 1.165) is 0 Å². The zero-order valence-corrected chi connectivity index (χ0v) is 8.99. The Morgan fingerprint density at radius 1 is 1.24 bits per heavy atom. The van der Waals surface area contributed by atoms with Gasteiger partial charge in [0, 0.05) is 18.6 Å². The number of aliphatic carboxylic acids is 2. The van der Waals surface area contributed by atoms with E-state index in [0.29, 0.717) is 12.2 Å². The van der Waals surface area contributed by atoms with E-state index in [2.05, 4.69) is 0 Å². The molecule has 0 saturated carbocycles. The molecular weight excluding hydrogens is 234 g/mol. The first-order valence-corrected chi connectivity index (χ1v) is 4.24. The minimum atomic E-state index is -1.26. The number of carboxylic acid groups (broad SMARTS) is 2. The Morgan fingerprint density at radius 2 is 1.59 bits per heavy atom. The van der Waals surface area contributed by atoms with Crippen molar-refractivity contribution in [1.82, 2.24) is 0 Å². The van der Waals surface area contributed by atoms with Gasteiger partial charge in [0.05, 0.1) is 4.92 Å². The average molecular weight is 247 g/mol. The van der Waals surface area contributed by atoms with Crippen LogP contribution in [-0.4, -0.2) is 27.1 Å². The molecule has 0 heterocycles. The van der Waals surface area contributed by atoms with Gasteiger partial charge < -0.3 is 21.7 Å². The van der Waals surface area contributed by atoms with Crippen LogP contribution in [0.4, 0.5) is 0 Å². The Balaban J connectivity index is 0. The van der Waals surface area contributed by atoms with Gasteiger partial charge in [0.2, 0.25) is 0 Å². The molecule has 17 heavy (non-hydrogen) atoms. The number of hydrogen-bond acceptors (Lipinski definition) is 6. The second-order valence-corrected chi connectivity index (χ2v) is 2.52. The van der Waals surface area contributed by atoms with Crippen molar-refractivity contribution in [3.05, 3.63) is 33.8 Å². The second-order valence-electron chi connectivity index (χ2n) is 2.52. The first kappa shape index (κ1) is 16.8. The molecule has 0 aromatic heterocycles. The van der Waals surface area contributed by atoms with Crippen molar-refractivity contribution < 1.29 is 24.7 Å². The SMILES string of the molecule is CCC(=C(N)N)[N+](=O)[O-].O=C(O)/C=C\C(=O)O. The van der Waals surface area contributed by atoms with Gasteiger partial charge >= 0.3 is 11.9 Å². The van der Waals surface area contributed by atoms with E-state index in [-0.39, 0.29) is 17.9 Å².